The smallest absolute Gasteiger partial charge is 0.387 e. The molecule has 178 valence electrons. The molecule has 8 N–H and O–H groups in total. The number of phosphoric ester groups is 1. The molecule has 31 heavy (non-hydrogen) atoms. The Morgan fingerprint density at radius 1 is 1.23 bits per heavy atom. The molecule has 18 nitrogen and oxygen atoms in total. The maximum Gasteiger partial charge on any atom is 0.490 e. The van der Waals surface area contributed by atoms with Crippen molar-refractivity contribution in [3.05, 3.63) is 22.7 Å². The van der Waals surface area contributed by atoms with Gasteiger partial charge in [0.15, 0.2) is 12.0 Å². The lowest BCUT2D eigenvalue weighted by Gasteiger charge is -2.27. The summed E-state index contributed by atoms with van der Waals surface area (Å²) in [4.78, 5) is 50.9. The first-order valence-corrected chi connectivity index (χ1v) is 12.3. The molecule has 0 saturated carbocycles. The topological polar surface area (TPSA) is 277 Å². The van der Waals surface area contributed by atoms with Crippen molar-refractivity contribution < 1.29 is 66.6 Å². The number of nitrogens with zero attached hydrogens (tertiary/aromatic N) is 2. The molecule has 0 aromatic carbocycles. The van der Waals surface area contributed by atoms with Crippen LogP contribution in [0.15, 0.2) is 17.1 Å². The minimum absolute atomic E-state index is 0.233. The van der Waals surface area contributed by atoms with Gasteiger partial charge in [0, 0.05) is 6.20 Å². The molecule has 1 saturated heterocycles. The molecule has 2 rings (SSSR count). The highest BCUT2D eigenvalue weighted by Gasteiger charge is 2.54. The fourth-order valence-electron chi connectivity index (χ4n) is 2.50. The Morgan fingerprint density at radius 2 is 1.84 bits per heavy atom. The van der Waals surface area contributed by atoms with Gasteiger partial charge in [-0.15, -0.1) is 0 Å². The second-order valence-corrected chi connectivity index (χ2v) is 10.6. The van der Waals surface area contributed by atoms with E-state index in [2.05, 4.69) is 18.1 Å². The molecule has 1 aromatic rings. The van der Waals surface area contributed by atoms with Gasteiger partial charge in [0.25, 0.3) is 0 Å². The van der Waals surface area contributed by atoms with Gasteiger partial charge in [-0.2, -0.15) is 13.6 Å². The number of hydrogen-bond donors (Lipinski definition) is 8. The summed E-state index contributed by atoms with van der Waals surface area (Å²) in [6.07, 6.45) is -3.99. The van der Waals surface area contributed by atoms with Crippen LogP contribution in [0.4, 0.5) is 5.82 Å². The normalized spacial score (nSPS) is 30.5. The van der Waals surface area contributed by atoms with Crippen LogP contribution < -0.4 is 11.2 Å². The van der Waals surface area contributed by atoms with E-state index < -0.39 is 59.8 Å². The van der Waals surface area contributed by atoms with Gasteiger partial charge in [0.2, 0.25) is 0 Å². The van der Waals surface area contributed by atoms with Crippen LogP contribution in [0.5, 0.6) is 0 Å². The van der Waals surface area contributed by atoms with Crippen LogP contribution in [0.2, 0.25) is 0 Å². The fraction of sp³-hybridized carbons (Fsp3) is 0.600. The molecule has 21 heteroatoms. The van der Waals surface area contributed by atoms with Crippen LogP contribution in [-0.4, -0.2) is 69.0 Å². The monoisotopic (exact) mass is 513 g/mol. The number of aliphatic hydroxyl groups excluding tert-OH is 1. The van der Waals surface area contributed by atoms with Crippen LogP contribution in [0, 0.1) is 0 Å². The molecule has 1 fully saturated rings. The summed E-state index contributed by atoms with van der Waals surface area (Å²) in [6, 6.07) is 1.12. The van der Waals surface area contributed by atoms with E-state index in [1.165, 1.54) is 0 Å². The van der Waals surface area contributed by atoms with Crippen molar-refractivity contribution in [3.63, 3.8) is 0 Å². The van der Waals surface area contributed by atoms with Crippen LogP contribution in [0.25, 0.3) is 0 Å². The van der Waals surface area contributed by atoms with Crippen molar-refractivity contribution >= 4 is 29.3 Å². The molecular weight excluding hydrogens is 495 g/mol. The van der Waals surface area contributed by atoms with E-state index in [0.29, 0.717) is 0 Å². The third-order valence-corrected chi connectivity index (χ3v) is 7.57. The summed E-state index contributed by atoms with van der Waals surface area (Å²) in [5.41, 5.74) is -1.58. The van der Waals surface area contributed by atoms with Gasteiger partial charge >= 0.3 is 29.2 Å². The quantitative estimate of drug-likeness (QED) is 0.136. The SMILES string of the molecule is CC1(O)C(O)[C@@H](COP(=O)(O)OP(=O)(O)OP(=O)(O)O)O[C@H]1n1ccc(NO)nc1=O. The zero-order valence-electron chi connectivity index (χ0n) is 15.2. The van der Waals surface area contributed by atoms with Gasteiger partial charge in [-0.3, -0.25) is 19.8 Å². The van der Waals surface area contributed by atoms with Crippen LogP contribution in [-0.2, 0) is 31.6 Å². The summed E-state index contributed by atoms with van der Waals surface area (Å²) >= 11 is 0. The number of hydrogen-bond acceptors (Lipinski definition) is 13. The van der Waals surface area contributed by atoms with Gasteiger partial charge in [0.05, 0.1) is 6.61 Å². The van der Waals surface area contributed by atoms with Crippen molar-refractivity contribution in [2.45, 2.75) is 31.0 Å². The van der Waals surface area contributed by atoms with Crippen LogP contribution >= 0.6 is 23.5 Å². The third-order valence-electron chi connectivity index (χ3n) is 3.77. The van der Waals surface area contributed by atoms with Gasteiger partial charge < -0.3 is 34.5 Å². The minimum atomic E-state index is -5.75. The second kappa shape index (κ2) is 9.05. The molecule has 1 aliphatic rings. The number of anilines is 1. The Hall–Kier alpha value is -1.07. The molecule has 0 amide bonds. The van der Waals surface area contributed by atoms with E-state index >= 15 is 0 Å². The number of rotatable bonds is 9. The van der Waals surface area contributed by atoms with Crippen molar-refractivity contribution in [1.82, 2.24) is 9.55 Å². The summed E-state index contributed by atoms with van der Waals surface area (Å²) in [7, 11) is -16.8. The molecule has 4 unspecified atom stereocenters. The molecule has 0 aliphatic carbocycles. The Kier molecular flexibility index (Phi) is 7.65. The highest BCUT2D eigenvalue weighted by atomic mass is 31.3. The molecule has 1 aromatic heterocycles. The van der Waals surface area contributed by atoms with E-state index in [1.54, 1.807) is 5.48 Å². The predicted octanol–water partition coefficient (Wildman–Crippen LogP) is -1.60. The lowest BCUT2D eigenvalue weighted by Crippen LogP contribution is -2.46. The number of aromatic nitrogens is 2. The maximum absolute atomic E-state index is 12.0. The summed E-state index contributed by atoms with van der Waals surface area (Å²) < 4.78 is 51.1. The number of phosphoric acid groups is 3. The Balaban J connectivity index is 2.13. The van der Waals surface area contributed by atoms with Gasteiger partial charge in [-0.1, -0.05) is 0 Å². The van der Waals surface area contributed by atoms with Crippen molar-refractivity contribution in [2.75, 3.05) is 12.1 Å². The first-order valence-electron chi connectivity index (χ1n) is 7.81. The fourth-order valence-corrected chi connectivity index (χ4v) is 5.53. The molecule has 0 bridgehead atoms. The van der Waals surface area contributed by atoms with E-state index in [4.69, 9.17) is 24.6 Å². The average Bonchev–Trinajstić information content (AvgIpc) is 2.80. The molecule has 0 spiro atoms. The highest BCUT2D eigenvalue weighted by molar-refractivity contribution is 7.66. The maximum atomic E-state index is 12.0. The third kappa shape index (κ3) is 6.71. The van der Waals surface area contributed by atoms with Gasteiger partial charge in [0.1, 0.15) is 17.8 Å². The number of ether oxygens (including phenoxy) is 1. The Labute approximate surface area is 172 Å². The molecule has 6 atom stereocenters. The van der Waals surface area contributed by atoms with Gasteiger partial charge in [-0.05, 0) is 13.0 Å². The van der Waals surface area contributed by atoms with Crippen molar-refractivity contribution in [2.24, 2.45) is 0 Å². The van der Waals surface area contributed by atoms with Crippen LogP contribution in [0.3, 0.4) is 0 Å². The molecular formula is C10H18N3O15P3. The van der Waals surface area contributed by atoms with E-state index in [1.807, 2.05) is 0 Å². The predicted molar refractivity (Wildman–Crippen MR) is 94.3 cm³/mol. The molecule has 2 heterocycles. The van der Waals surface area contributed by atoms with Gasteiger partial charge in [-0.25, -0.2) is 18.5 Å². The minimum Gasteiger partial charge on any atom is -0.387 e. The second-order valence-electron chi connectivity index (χ2n) is 6.20. The Bertz CT molecular complexity index is 1010. The first-order chi connectivity index (χ1) is 14.0. The summed E-state index contributed by atoms with van der Waals surface area (Å²) in [6.45, 7) is -0.00618. The Morgan fingerprint density at radius 3 is 2.35 bits per heavy atom. The van der Waals surface area contributed by atoms with Crippen molar-refractivity contribution in [3.8, 4) is 0 Å². The highest BCUT2D eigenvalue weighted by Crippen LogP contribution is 2.66. The number of aliphatic hydroxyl groups is 2. The lowest BCUT2D eigenvalue weighted by molar-refractivity contribution is -0.0985. The zero-order chi connectivity index (χ0) is 23.8. The summed E-state index contributed by atoms with van der Waals surface area (Å²) in [5, 5.41) is 29.5. The number of nitrogens with one attached hydrogen (secondary N) is 1. The van der Waals surface area contributed by atoms with Crippen molar-refractivity contribution in [1.29, 1.82) is 0 Å². The zero-order valence-corrected chi connectivity index (χ0v) is 17.9. The standard InChI is InChI=1S/C10H18N3O15P3/c1-10(16)7(14)5(26-8(10)13-3-2-6(12-17)11-9(13)15)4-25-30(21,22)28-31(23,24)27-29(18,19)20/h2-3,5,7-8,14,16-17H,4H2,1H3,(H,21,22)(H,23,24)(H,11,12,15)(H2,18,19,20)/t5-,7?,8-,10?/m1/s1. The van der Waals surface area contributed by atoms with Crippen LogP contribution in [0.1, 0.15) is 13.2 Å². The average molecular weight is 513 g/mol. The summed E-state index contributed by atoms with van der Waals surface area (Å²) in [5.74, 6) is -0.233. The molecule has 0 radical (unpaired) electrons. The van der Waals surface area contributed by atoms with E-state index in [9.17, 15) is 33.6 Å². The first kappa shape index (κ1) is 26.2. The van der Waals surface area contributed by atoms with E-state index in [0.717, 1.165) is 23.8 Å². The van der Waals surface area contributed by atoms with E-state index in [-0.39, 0.29) is 5.82 Å². The lowest BCUT2D eigenvalue weighted by atomic mass is 9.96. The molecule has 1 aliphatic heterocycles. The largest absolute Gasteiger partial charge is 0.490 e.